The number of carbonyl (C=O) groups is 1. The highest BCUT2D eigenvalue weighted by molar-refractivity contribution is 6.68. The molecule has 1 heterocycles. The van der Waals surface area contributed by atoms with Gasteiger partial charge in [-0.1, -0.05) is 11.6 Å². The molecule has 0 saturated carbocycles. The quantitative estimate of drug-likeness (QED) is 0.769. The number of rotatable bonds is 2. The van der Waals surface area contributed by atoms with E-state index in [9.17, 15) is 4.79 Å². The van der Waals surface area contributed by atoms with Gasteiger partial charge in [-0.25, -0.2) is 4.98 Å². The van der Waals surface area contributed by atoms with Gasteiger partial charge < -0.3 is 4.42 Å². The second-order valence-corrected chi connectivity index (χ2v) is 3.99. The minimum atomic E-state index is -0.583. The van der Waals surface area contributed by atoms with E-state index >= 15 is 0 Å². The Bertz CT molecular complexity index is 549. The topological polar surface area (TPSA) is 43.1 Å². The summed E-state index contributed by atoms with van der Waals surface area (Å²) in [7, 11) is 0. The van der Waals surface area contributed by atoms with E-state index in [1.165, 1.54) is 0 Å². The highest BCUT2D eigenvalue weighted by atomic mass is 35.5. The van der Waals surface area contributed by atoms with Crippen LogP contribution in [0.1, 0.15) is 16.1 Å². The second-order valence-electron chi connectivity index (χ2n) is 3.24. The Morgan fingerprint density at radius 3 is 2.69 bits per heavy atom. The highest BCUT2D eigenvalue weighted by Gasteiger charge is 2.11. The van der Waals surface area contributed by atoms with Crippen molar-refractivity contribution >= 4 is 28.4 Å². The highest BCUT2D eigenvalue weighted by Crippen LogP contribution is 2.26. The molecule has 5 heteroatoms. The Morgan fingerprint density at radius 1 is 1.44 bits per heavy atom. The molecule has 0 aliphatic carbocycles. The van der Waals surface area contributed by atoms with Gasteiger partial charge in [0.25, 0.3) is 5.24 Å². The number of hydrogen-bond donors (Lipinski definition) is 0. The van der Waals surface area contributed by atoms with E-state index in [0.717, 1.165) is 0 Å². The monoisotopic (exact) mass is 255 g/mol. The molecule has 0 aliphatic rings. The lowest BCUT2D eigenvalue weighted by atomic mass is 10.1. The number of aryl methyl sites for hydroxylation is 1. The van der Waals surface area contributed by atoms with Crippen LogP contribution in [-0.4, -0.2) is 10.2 Å². The molecule has 0 saturated heterocycles. The fraction of sp³-hybridized carbons (Fsp3) is 0.0909. The van der Waals surface area contributed by atoms with Gasteiger partial charge in [0.05, 0.1) is 16.8 Å². The maximum atomic E-state index is 11.0. The van der Waals surface area contributed by atoms with Gasteiger partial charge in [0, 0.05) is 5.56 Å². The number of nitrogens with zero attached hydrogens (tertiary/aromatic N) is 1. The van der Waals surface area contributed by atoms with Crippen LogP contribution in [-0.2, 0) is 0 Å². The van der Waals surface area contributed by atoms with Crippen LogP contribution >= 0.6 is 23.2 Å². The maximum absolute atomic E-state index is 11.0. The molecule has 16 heavy (non-hydrogen) atoms. The molecule has 0 N–H and O–H groups in total. The van der Waals surface area contributed by atoms with Crippen LogP contribution in [0.5, 0.6) is 0 Å². The first-order chi connectivity index (χ1) is 7.58. The van der Waals surface area contributed by atoms with Crippen molar-refractivity contribution in [2.45, 2.75) is 6.92 Å². The lowest BCUT2D eigenvalue weighted by Gasteiger charge is -2.00. The molecular weight excluding hydrogens is 249 g/mol. The molecule has 0 fully saturated rings. The minimum Gasteiger partial charge on any atom is -0.441 e. The Labute approximate surface area is 102 Å². The lowest BCUT2D eigenvalue weighted by Crippen LogP contribution is -1.90. The van der Waals surface area contributed by atoms with Crippen molar-refractivity contribution in [1.82, 2.24) is 4.98 Å². The summed E-state index contributed by atoms with van der Waals surface area (Å²) in [6, 6.07) is 4.84. The fourth-order valence-corrected chi connectivity index (χ4v) is 1.78. The average Bonchev–Trinajstić information content (AvgIpc) is 2.64. The molecule has 0 amide bonds. The molecule has 0 aliphatic heterocycles. The van der Waals surface area contributed by atoms with Crippen molar-refractivity contribution in [3.8, 4) is 11.5 Å². The van der Waals surface area contributed by atoms with E-state index in [1.807, 2.05) is 0 Å². The zero-order chi connectivity index (χ0) is 11.7. The third-order valence-electron chi connectivity index (χ3n) is 2.05. The Hall–Kier alpha value is -1.32. The van der Waals surface area contributed by atoms with E-state index in [0.29, 0.717) is 17.2 Å². The van der Waals surface area contributed by atoms with E-state index in [-0.39, 0.29) is 10.6 Å². The molecule has 82 valence electrons. The van der Waals surface area contributed by atoms with E-state index < -0.39 is 5.24 Å². The predicted octanol–water partition coefficient (Wildman–Crippen LogP) is 3.68. The number of halogens is 2. The van der Waals surface area contributed by atoms with E-state index in [4.69, 9.17) is 27.6 Å². The summed E-state index contributed by atoms with van der Waals surface area (Å²) in [4.78, 5) is 15.0. The molecule has 0 radical (unpaired) electrons. The summed E-state index contributed by atoms with van der Waals surface area (Å²) in [6.07, 6.45) is 1.61. The van der Waals surface area contributed by atoms with Crippen molar-refractivity contribution in [3.63, 3.8) is 0 Å². The van der Waals surface area contributed by atoms with Crippen molar-refractivity contribution in [2.75, 3.05) is 0 Å². The summed E-state index contributed by atoms with van der Waals surface area (Å²) < 4.78 is 5.34. The van der Waals surface area contributed by atoms with Gasteiger partial charge in [-0.3, -0.25) is 4.79 Å². The molecule has 1 aromatic heterocycles. The van der Waals surface area contributed by atoms with Crippen LogP contribution in [0.3, 0.4) is 0 Å². The lowest BCUT2D eigenvalue weighted by molar-refractivity contribution is 0.108. The van der Waals surface area contributed by atoms with Crippen LogP contribution in [0, 0.1) is 6.92 Å². The molecule has 0 unspecified atom stereocenters. The average molecular weight is 256 g/mol. The zero-order valence-corrected chi connectivity index (χ0v) is 9.84. The van der Waals surface area contributed by atoms with Gasteiger partial charge in [0.2, 0.25) is 5.89 Å². The molecule has 0 atom stereocenters. The summed E-state index contributed by atoms with van der Waals surface area (Å²) >= 11 is 11.3. The Kier molecular flexibility index (Phi) is 2.99. The number of hydrogen-bond acceptors (Lipinski definition) is 3. The van der Waals surface area contributed by atoms with Gasteiger partial charge >= 0.3 is 0 Å². The van der Waals surface area contributed by atoms with Crippen molar-refractivity contribution in [1.29, 1.82) is 0 Å². The number of carbonyl (C=O) groups excluding carboxylic acids is 1. The molecule has 3 nitrogen and oxygen atoms in total. The largest absolute Gasteiger partial charge is 0.441 e. The minimum absolute atomic E-state index is 0.273. The molecule has 1 aromatic carbocycles. The normalized spacial score (nSPS) is 10.4. The smallest absolute Gasteiger partial charge is 0.253 e. The molecule has 2 aromatic rings. The molecular formula is C11H7Cl2NO2. The number of oxazole rings is 1. The van der Waals surface area contributed by atoms with Crippen LogP contribution in [0.2, 0.25) is 5.02 Å². The van der Waals surface area contributed by atoms with Gasteiger partial charge in [-0.15, -0.1) is 0 Å². The number of aromatic nitrogens is 1. The summed E-state index contributed by atoms with van der Waals surface area (Å²) in [5.74, 6) is 1.18. The summed E-state index contributed by atoms with van der Waals surface area (Å²) in [5.41, 5.74) is 0.982. The van der Waals surface area contributed by atoms with Crippen LogP contribution in [0.25, 0.3) is 11.5 Å². The predicted molar refractivity (Wildman–Crippen MR) is 61.9 cm³/mol. The van der Waals surface area contributed by atoms with E-state index in [2.05, 4.69) is 4.98 Å². The molecule has 0 bridgehead atoms. The van der Waals surface area contributed by atoms with Gasteiger partial charge in [0.1, 0.15) is 5.76 Å². The maximum Gasteiger partial charge on any atom is 0.253 e. The summed E-state index contributed by atoms with van der Waals surface area (Å²) in [6.45, 7) is 1.80. The molecule has 2 rings (SSSR count). The SMILES string of the molecule is Cc1cnc(-c2ccc(C(=O)Cl)c(Cl)c2)o1. The Morgan fingerprint density at radius 2 is 2.19 bits per heavy atom. The van der Waals surface area contributed by atoms with Gasteiger partial charge in [-0.2, -0.15) is 0 Å². The Balaban J connectivity index is 2.45. The van der Waals surface area contributed by atoms with Crippen LogP contribution in [0.15, 0.2) is 28.8 Å². The van der Waals surface area contributed by atoms with E-state index in [1.54, 1.807) is 31.3 Å². The summed E-state index contributed by atoms with van der Waals surface area (Å²) in [5, 5.41) is -0.298. The first-order valence-corrected chi connectivity index (χ1v) is 5.25. The third kappa shape index (κ3) is 2.10. The second kappa shape index (κ2) is 4.28. The fourth-order valence-electron chi connectivity index (χ4n) is 1.30. The third-order valence-corrected chi connectivity index (χ3v) is 2.57. The van der Waals surface area contributed by atoms with Crippen molar-refractivity contribution < 1.29 is 9.21 Å². The van der Waals surface area contributed by atoms with Crippen LogP contribution < -0.4 is 0 Å². The van der Waals surface area contributed by atoms with Crippen molar-refractivity contribution in [3.05, 3.63) is 40.7 Å². The first kappa shape index (κ1) is 11.2. The standard InChI is InChI=1S/C11H7Cl2NO2/c1-6-5-14-11(16-6)7-2-3-8(10(13)15)9(12)4-7/h2-5H,1H3. The number of benzene rings is 1. The first-order valence-electron chi connectivity index (χ1n) is 4.50. The van der Waals surface area contributed by atoms with Crippen molar-refractivity contribution in [2.24, 2.45) is 0 Å². The van der Waals surface area contributed by atoms with Gasteiger partial charge in [0.15, 0.2) is 0 Å². The van der Waals surface area contributed by atoms with Gasteiger partial charge in [-0.05, 0) is 36.7 Å². The zero-order valence-electron chi connectivity index (χ0n) is 8.33. The molecule has 0 spiro atoms. The van der Waals surface area contributed by atoms with Crippen LogP contribution in [0.4, 0.5) is 0 Å².